The van der Waals surface area contributed by atoms with Gasteiger partial charge >= 0.3 is 0 Å². The van der Waals surface area contributed by atoms with E-state index < -0.39 is 24.2 Å². The highest BCUT2D eigenvalue weighted by atomic mass is 19.3. The molecule has 0 aromatic heterocycles. The van der Waals surface area contributed by atoms with Crippen molar-refractivity contribution in [3.05, 3.63) is 24.3 Å². The van der Waals surface area contributed by atoms with Crippen molar-refractivity contribution in [3.63, 3.8) is 0 Å². The molecule has 0 radical (unpaired) electrons. The van der Waals surface area contributed by atoms with Crippen LogP contribution < -0.4 is 5.73 Å². The van der Waals surface area contributed by atoms with Crippen LogP contribution in [0.3, 0.4) is 0 Å². The highest BCUT2D eigenvalue weighted by Gasteiger charge is 2.64. The zero-order valence-corrected chi connectivity index (χ0v) is 10.5. The van der Waals surface area contributed by atoms with E-state index in [0.717, 1.165) is 0 Å². The molecule has 102 valence electrons. The molecule has 0 spiro atoms. The number of fused-ring (bicyclic) bond motifs is 1. The van der Waals surface area contributed by atoms with Crippen molar-refractivity contribution in [2.75, 3.05) is 6.61 Å². The minimum Gasteiger partial charge on any atom is -0.395 e. The van der Waals surface area contributed by atoms with Gasteiger partial charge < -0.3 is 10.8 Å². The topological polar surface area (TPSA) is 49.3 Å². The van der Waals surface area contributed by atoms with Crippen LogP contribution in [0.4, 0.5) is 8.78 Å². The molecule has 1 aliphatic carbocycles. The number of allylic oxidation sites excluding steroid dienone is 2. The van der Waals surface area contributed by atoms with Gasteiger partial charge in [0.05, 0.1) is 18.7 Å². The van der Waals surface area contributed by atoms with E-state index in [9.17, 15) is 13.9 Å². The van der Waals surface area contributed by atoms with Gasteiger partial charge in [0.15, 0.2) is 0 Å². The lowest BCUT2D eigenvalue weighted by molar-refractivity contribution is -0.0856. The second kappa shape index (κ2) is 4.72. The molecule has 4 atom stereocenters. The Morgan fingerprint density at radius 1 is 1.50 bits per heavy atom. The first-order valence-electron chi connectivity index (χ1n) is 6.39. The summed E-state index contributed by atoms with van der Waals surface area (Å²) in [5, 5.41) is 9.31. The van der Waals surface area contributed by atoms with Gasteiger partial charge in [-0.1, -0.05) is 31.6 Å². The number of aliphatic hydroxyl groups is 1. The Hall–Kier alpha value is -0.780. The molecule has 1 fully saturated rings. The van der Waals surface area contributed by atoms with Gasteiger partial charge in [-0.05, 0) is 12.5 Å². The Morgan fingerprint density at radius 3 is 2.72 bits per heavy atom. The number of unbranched alkanes of at least 4 members (excludes halogenated alkanes) is 1. The van der Waals surface area contributed by atoms with Crippen LogP contribution >= 0.6 is 0 Å². The van der Waals surface area contributed by atoms with Crippen LogP contribution in [0.15, 0.2) is 24.3 Å². The van der Waals surface area contributed by atoms with Crippen LogP contribution in [-0.4, -0.2) is 40.3 Å². The average Bonchev–Trinajstić information content (AvgIpc) is 2.93. The summed E-state index contributed by atoms with van der Waals surface area (Å²) in [6.07, 6.45) is 8.04. The molecule has 3 nitrogen and oxygen atoms in total. The number of nitrogens with two attached hydrogens (primary N) is 1. The number of hydrogen-bond donors (Lipinski definition) is 2. The van der Waals surface area contributed by atoms with Crippen molar-refractivity contribution in [2.24, 2.45) is 5.73 Å². The molecule has 0 amide bonds. The zero-order valence-electron chi connectivity index (χ0n) is 10.5. The van der Waals surface area contributed by atoms with Crippen LogP contribution in [-0.2, 0) is 0 Å². The third-order valence-electron chi connectivity index (χ3n) is 3.78. The molecule has 18 heavy (non-hydrogen) atoms. The highest BCUT2D eigenvalue weighted by Crippen LogP contribution is 2.47. The molecular weight excluding hydrogens is 238 g/mol. The third kappa shape index (κ3) is 2.11. The van der Waals surface area contributed by atoms with Gasteiger partial charge in [-0.3, -0.25) is 4.90 Å². The van der Waals surface area contributed by atoms with Gasteiger partial charge in [-0.25, -0.2) is 8.78 Å². The number of halogens is 2. The van der Waals surface area contributed by atoms with Gasteiger partial charge in [-0.15, -0.1) is 0 Å². The molecule has 0 bridgehead atoms. The van der Waals surface area contributed by atoms with E-state index in [2.05, 4.69) is 0 Å². The van der Waals surface area contributed by atoms with Gasteiger partial charge in [0.1, 0.15) is 5.66 Å². The zero-order chi connectivity index (χ0) is 13.4. The molecule has 1 aliphatic heterocycles. The van der Waals surface area contributed by atoms with Crippen LogP contribution in [0.5, 0.6) is 0 Å². The van der Waals surface area contributed by atoms with E-state index in [-0.39, 0.29) is 12.5 Å². The maximum Gasteiger partial charge on any atom is 0.265 e. The highest BCUT2D eigenvalue weighted by molar-refractivity contribution is 5.38. The number of rotatable bonds is 6. The van der Waals surface area contributed by atoms with Crippen molar-refractivity contribution < 1.29 is 13.9 Å². The van der Waals surface area contributed by atoms with Crippen LogP contribution in [0.2, 0.25) is 0 Å². The predicted octanol–water partition coefficient (Wildman–Crippen LogP) is 1.64. The van der Waals surface area contributed by atoms with Crippen molar-refractivity contribution in [2.45, 2.75) is 49.9 Å². The lowest BCUT2D eigenvalue weighted by Crippen LogP contribution is -2.46. The maximum absolute atomic E-state index is 14.1. The summed E-state index contributed by atoms with van der Waals surface area (Å²) >= 11 is 0. The van der Waals surface area contributed by atoms with Gasteiger partial charge in [0.25, 0.3) is 5.92 Å². The van der Waals surface area contributed by atoms with Crippen molar-refractivity contribution in [1.82, 2.24) is 4.90 Å². The molecule has 0 saturated carbocycles. The maximum atomic E-state index is 14.1. The van der Waals surface area contributed by atoms with Crippen LogP contribution in [0.1, 0.15) is 26.2 Å². The second-order valence-corrected chi connectivity index (χ2v) is 5.05. The molecule has 2 aliphatic rings. The fraction of sp³-hybridized carbons (Fsp3) is 0.692. The fourth-order valence-electron chi connectivity index (χ4n) is 2.64. The Labute approximate surface area is 106 Å². The summed E-state index contributed by atoms with van der Waals surface area (Å²) in [5.41, 5.74) is 5.21. The van der Waals surface area contributed by atoms with E-state index >= 15 is 0 Å². The first-order valence-corrected chi connectivity index (χ1v) is 6.39. The minimum absolute atomic E-state index is 0.207. The predicted molar refractivity (Wildman–Crippen MR) is 66.2 cm³/mol. The minimum atomic E-state index is -2.91. The van der Waals surface area contributed by atoms with Gasteiger partial charge in [0.2, 0.25) is 0 Å². The number of hydrogen-bond acceptors (Lipinski definition) is 3. The first kappa shape index (κ1) is 13.6. The fourth-order valence-corrected chi connectivity index (χ4v) is 2.64. The van der Waals surface area contributed by atoms with Gasteiger partial charge in [-0.2, -0.15) is 0 Å². The Kier molecular flexibility index (Phi) is 3.58. The Morgan fingerprint density at radius 2 is 2.22 bits per heavy atom. The number of nitrogens with zero attached hydrogens (tertiary/aromatic N) is 1. The standard InChI is InChI=1S/C13H20F2N2O/c1-2-3-7-12(14,15)11(9-18)17-10-6-4-5-8-13(10,17)16/h4-6,8,10-11,18H,2-3,7,9,16H2,1H3. The van der Waals surface area contributed by atoms with E-state index in [4.69, 9.17) is 5.73 Å². The van der Waals surface area contributed by atoms with E-state index in [1.54, 1.807) is 24.3 Å². The van der Waals surface area contributed by atoms with Crippen molar-refractivity contribution in [1.29, 1.82) is 0 Å². The summed E-state index contributed by atoms with van der Waals surface area (Å²) < 4.78 is 28.1. The Bertz CT molecular complexity index is 370. The van der Waals surface area contributed by atoms with Gasteiger partial charge in [0, 0.05) is 6.42 Å². The normalized spacial score (nSPS) is 35.4. The quantitative estimate of drug-likeness (QED) is 0.712. The summed E-state index contributed by atoms with van der Waals surface area (Å²) in [6, 6.07) is -1.42. The Balaban J connectivity index is 2.11. The number of alkyl halides is 2. The summed E-state index contributed by atoms with van der Waals surface area (Å²) in [4.78, 5) is 1.50. The molecular formula is C13H20F2N2O. The number of aliphatic hydroxyl groups excluding tert-OH is 1. The van der Waals surface area contributed by atoms with E-state index in [0.29, 0.717) is 12.8 Å². The third-order valence-corrected chi connectivity index (χ3v) is 3.78. The van der Waals surface area contributed by atoms with E-state index in [1.807, 2.05) is 6.92 Å². The van der Waals surface area contributed by atoms with Crippen LogP contribution in [0.25, 0.3) is 0 Å². The molecule has 3 N–H and O–H groups in total. The summed E-state index contributed by atoms with van der Waals surface area (Å²) in [5.74, 6) is -2.91. The largest absolute Gasteiger partial charge is 0.395 e. The van der Waals surface area contributed by atoms with E-state index in [1.165, 1.54) is 4.90 Å². The lowest BCUT2D eigenvalue weighted by Gasteiger charge is -2.28. The second-order valence-electron chi connectivity index (χ2n) is 5.05. The average molecular weight is 258 g/mol. The first-order chi connectivity index (χ1) is 8.47. The molecule has 0 aromatic carbocycles. The molecule has 2 rings (SSSR count). The smallest absolute Gasteiger partial charge is 0.265 e. The molecule has 1 heterocycles. The SMILES string of the molecule is CCCCC(F)(F)C(CO)N1C2C=CC=CC21N. The summed E-state index contributed by atoms with van der Waals surface area (Å²) in [6.45, 7) is 1.30. The molecule has 5 heteroatoms. The molecule has 4 unspecified atom stereocenters. The van der Waals surface area contributed by atoms with Crippen LogP contribution in [0, 0.1) is 0 Å². The summed E-state index contributed by atoms with van der Waals surface area (Å²) in [7, 11) is 0. The van der Waals surface area contributed by atoms with Crippen molar-refractivity contribution in [3.8, 4) is 0 Å². The monoisotopic (exact) mass is 258 g/mol. The molecule has 0 aromatic rings. The van der Waals surface area contributed by atoms with Crippen molar-refractivity contribution >= 4 is 0 Å². The lowest BCUT2D eigenvalue weighted by atomic mass is 10.0. The molecule has 1 saturated heterocycles.